The summed E-state index contributed by atoms with van der Waals surface area (Å²) in [5.74, 6) is -0.759. The van der Waals surface area contributed by atoms with Crippen molar-refractivity contribution in [2.24, 2.45) is 11.8 Å². The van der Waals surface area contributed by atoms with Crippen molar-refractivity contribution < 1.29 is 13.2 Å². The normalized spacial score (nSPS) is 19.3. The average molecular weight is 489 g/mol. The number of hydrogen-bond donors (Lipinski definition) is 2. The maximum Gasteiger partial charge on any atom is 0.224 e. The van der Waals surface area contributed by atoms with Gasteiger partial charge in [0.05, 0.1) is 6.20 Å². The van der Waals surface area contributed by atoms with Crippen LogP contribution in [0.1, 0.15) is 78.7 Å². The zero-order valence-electron chi connectivity index (χ0n) is 20.9. The molecule has 9 heteroatoms. The van der Waals surface area contributed by atoms with E-state index in [4.69, 9.17) is 4.98 Å². The first-order valence-electron chi connectivity index (χ1n) is 12.7. The Labute approximate surface area is 204 Å². The molecule has 1 aliphatic rings. The lowest BCUT2D eigenvalue weighted by molar-refractivity contribution is 0.266. The molecule has 0 aliphatic heterocycles. The minimum absolute atomic E-state index is 0.0169. The van der Waals surface area contributed by atoms with Gasteiger partial charge in [0, 0.05) is 24.2 Å². The van der Waals surface area contributed by atoms with E-state index < -0.39 is 23.1 Å². The van der Waals surface area contributed by atoms with E-state index in [0.29, 0.717) is 41.2 Å². The molecule has 1 aromatic carbocycles. The fourth-order valence-corrected chi connectivity index (χ4v) is 5.13. The maximum absolute atomic E-state index is 14.4. The number of aromatic nitrogens is 4. The Kier molecular flexibility index (Phi) is 7.82. The van der Waals surface area contributed by atoms with Crippen LogP contribution in [0.3, 0.4) is 0 Å². The van der Waals surface area contributed by atoms with Gasteiger partial charge < -0.3 is 10.6 Å². The highest BCUT2D eigenvalue weighted by Gasteiger charge is 2.25. The number of rotatable bonds is 9. The summed E-state index contributed by atoms with van der Waals surface area (Å²) in [5, 5.41) is 6.25. The number of hydrogen-bond acceptors (Lipinski definition) is 5. The first-order chi connectivity index (χ1) is 16.8. The van der Waals surface area contributed by atoms with E-state index in [2.05, 4.69) is 48.3 Å². The molecule has 1 fully saturated rings. The monoisotopic (exact) mass is 488 g/mol. The molecule has 1 unspecified atom stereocenters. The van der Waals surface area contributed by atoms with Gasteiger partial charge >= 0.3 is 0 Å². The third-order valence-electron chi connectivity index (χ3n) is 7.18. The molecule has 0 saturated heterocycles. The standard InChI is InChI=1S/C26H35F3N6/c1-5-7-19(6-2)35-24-22(32-26(35)33-23-20(28)12-17(27)13-21(23)29)14-30-25(34-24)31-18-10-8-16(9-11-18)15(3)4/h12-16,18-19H,5-11H2,1-4H3,(H,32,33)(H,30,31,34). The molecule has 0 bridgehead atoms. The molecule has 1 aliphatic carbocycles. The van der Waals surface area contributed by atoms with E-state index in [9.17, 15) is 13.2 Å². The number of benzene rings is 1. The largest absolute Gasteiger partial charge is 0.351 e. The van der Waals surface area contributed by atoms with E-state index in [0.717, 1.165) is 38.0 Å². The van der Waals surface area contributed by atoms with Gasteiger partial charge in [-0.3, -0.25) is 4.57 Å². The molecule has 2 N–H and O–H groups in total. The summed E-state index contributed by atoms with van der Waals surface area (Å²) in [6.45, 7) is 8.71. The van der Waals surface area contributed by atoms with Crippen LogP contribution in [0.2, 0.25) is 0 Å². The van der Waals surface area contributed by atoms with Crippen molar-refractivity contribution in [3.63, 3.8) is 0 Å². The Bertz CT molecular complexity index is 1130. The zero-order chi connectivity index (χ0) is 25.1. The Hall–Kier alpha value is -2.84. The maximum atomic E-state index is 14.4. The highest BCUT2D eigenvalue weighted by atomic mass is 19.1. The van der Waals surface area contributed by atoms with Crippen LogP contribution in [-0.2, 0) is 0 Å². The molecule has 4 rings (SSSR count). The van der Waals surface area contributed by atoms with E-state index in [-0.39, 0.29) is 12.0 Å². The van der Waals surface area contributed by atoms with Gasteiger partial charge in [-0.25, -0.2) is 23.1 Å². The lowest BCUT2D eigenvalue weighted by Gasteiger charge is -2.31. The number of imidazole rings is 1. The Morgan fingerprint density at radius 3 is 2.31 bits per heavy atom. The van der Waals surface area contributed by atoms with E-state index in [1.54, 1.807) is 6.20 Å². The Morgan fingerprint density at radius 1 is 1.03 bits per heavy atom. The second-order valence-electron chi connectivity index (χ2n) is 9.93. The second kappa shape index (κ2) is 10.8. The number of fused-ring (bicyclic) bond motifs is 1. The number of halogens is 3. The van der Waals surface area contributed by atoms with Crippen molar-refractivity contribution in [3.05, 3.63) is 35.8 Å². The molecule has 0 spiro atoms. The average Bonchev–Trinajstić information content (AvgIpc) is 3.17. The van der Waals surface area contributed by atoms with Crippen molar-refractivity contribution in [3.8, 4) is 0 Å². The van der Waals surface area contributed by atoms with Gasteiger partial charge in [0.15, 0.2) is 17.3 Å². The van der Waals surface area contributed by atoms with E-state index in [1.807, 2.05) is 4.57 Å². The highest BCUT2D eigenvalue weighted by molar-refractivity contribution is 5.76. The van der Waals surface area contributed by atoms with Crippen molar-refractivity contribution in [1.82, 2.24) is 19.5 Å². The van der Waals surface area contributed by atoms with Crippen molar-refractivity contribution >= 4 is 28.7 Å². The van der Waals surface area contributed by atoms with Crippen LogP contribution < -0.4 is 10.6 Å². The SMILES string of the molecule is CCCC(CC)n1c(Nc2c(F)cc(F)cc2F)nc2cnc(NC3CCC(C(C)C)CC3)nc21. The lowest BCUT2D eigenvalue weighted by atomic mass is 9.80. The van der Waals surface area contributed by atoms with Gasteiger partial charge in [0.2, 0.25) is 11.9 Å². The lowest BCUT2D eigenvalue weighted by Crippen LogP contribution is -2.28. The summed E-state index contributed by atoms with van der Waals surface area (Å²) in [5.41, 5.74) is 0.686. The van der Waals surface area contributed by atoms with Crippen molar-refractivity contribution in [2.45, 2.75) is 84.7 Å². The third-order valence-corrected chi connectivity index (χ3v) is 7.18. The molecule has 0 amide bonds. The summed E-state index contributed by atoms with van der Waals surface area (Å²) < 4.78 is 44.1. The fourth-order valence-electron chi connectivity index (χ4n) is 5.13. The molecule has 190 valence electrons. The number of nitrogens with one attached hydrogen (secondary N) is 2. The fraction of sp³-hybridized carbons (Fsp3) is 0.577. The van der Waals surface area contributed by atoms with Gasteiger partial charge in [0.25, 0.3) is 0 Å². The smallest absolute Gasteiger partial charge is 0.224 e. The molecule has 1 saturated carbocycles. The van der Waals surface area contributed by atoms with Crippen molar-refractivity contribution in [2.75, 3.05) is 10.6 Å². The molecular formula is C26H35F3N6. The van der Waals surface area contributed by atoms with Crippen LogP contribution in [0.4, 0.5) is 30.8 Å². The molecule has 6 nitrogen and oxygen atoms in total. The van der Waals surface area contributed by atoms with Crippen LogP contribution in [0.15, 0.2) is 18.3 Å². The van der Waals surface area contributed by atoms with Gasteiger partial charge in [-0.2, -0.15) is 4.98 Å². The molecule has 2 aromatic heterocycles. The van der Waals surface area contributed by atoms with E-state index >= 15 is 0 Å². The van der Waals surface area contributed by atoms with Gasteiger partial charge in [0.1, 0.15) is 17.0 Å². The highest BCUT2D eigenvalue weighted by Crippen LogP contribution is 2.33. The van der Waals surface area contributed by atoms with E-state index in [1.165, 1.54) is 12.8 Å². The number of nitrogens with zero attached hydrogens (tertiary/aromatic N) is 4. The molecule has 3 aromatic rings. The zero-order valence-corrected chi connectivity index (χ0v) is 20.9. The van der Waals surface area contributed by atoms with Crippen LogP contribution in [0, 0.1) is 29.3 Å². The summed E-state index contributed by atoms with van der Waals surface area (Å²) in [7, 11) is 0. The van der Waals surface area contributed by atoms with Gasteiger partial charge in [-0.05, 0) is 50.4 Å². The van der Waals surface area contributed by atoms with Crippen molar-refractivity contribution in [1.29, 1.82) is 0 Å². The van der Waals surface area contributed by atoms with Gasteiger partial charge in [-0.1, -0.05) is 34.1 Å². The van der Waals surface area contributed by atoms with Crippen LogP contribution in [0.5, 0.6) is 0 Å². The van der Waals surface area contributed by atoms with Crippen LogP contribution in [0.25, 0.3) is 11.2 Å². The molecular weight excluding hydrogens is 453 g/mol. The predicted molar refractivity (Wildman–Crippen MR) is 133 cm³/mol. The quantitative estimate of drug-likeness (QED) is 0.329. The summed E-state index contributed by atoms with van der Waals surface area (Å²) in [6.07, 6.45) is 8.72. The minimum Gasteiger partial charge on any atom is -0.351 e. The topological polar surface area (TPSA) is 67.7 Å². The first-order valence-corrected chi connectivity index (χ1v) is 12.7. The predicted octanol–water partition coefficient (Wildman–Crippen LogP) is 7.37. The minimum atomic E-state index is -1.02. The van der Waals surface area contributed by atoms with Crippen LogP contribution in [-0.4, -0.2) is 25.6 Å². The van der Waals surface area contributed by atoms with Crippen LogP contribution >= 0.6 is 0 Å². The molecule has 1 atom stereocenters. The summed E-state index contributed by atoms with van der Waals surface area (Å²) in [6, 6.07) is 1.63. The second-order valence-corrected chi connectivity index (χ2v) is 9.93. The first kappa shape index (κ1) is 25.3. The van der Waals surface area contributed by atoms with Gasteiger partial charge in [-0.15, -0.1) is 0 Å². The molecule has 2 heterocycles. The Morgan fingerprint density at radius 2 is 1.71 bits per heavy atom. The number of anilines is 3. The summed E-state index contributed by atoms with van der Waals surface area (Å²) >= 11 is 0. The molecule has 35 heavy (non-hydrogen) atoms. The summed E-state index contributed by atoms with van der Waals surface area (Å²) in [4.78, 5) is 13.8. The third kappa shape index (κ3) is 5.54. The molecule has 0 radical (unpaired) electrons. The Balaban J connectivity index is 1.67.